The zero-order valence-corrected chi connectivity index (χ0v) is 22.4. The molecule has 1 aliphatic carbocycles. The first-order valence-corrected chi connectivity index (χ1v) is 14.3. The van der Waals surface area contributed by atoms with E-state index >= 15 is 0 Å². The number of nitrogens with zero attached hydrogens (tertiary/aromatic N) is 1. The van der Waals surface area contributed by atoms with Gasteiger partial charge in [0.2, 0.25) is 15.9 Å². The maximum absolute atomic E-state index is 13.8. The molecular weight excluding hydrogens is 498 g/mol. The van der Waals surface area contributed by atoms with Gasteiger partial charge in [0, 0.05) is 29.7 Å². The molecule has 1 saturated carbocycles. The normalized spacial score (nSPS) is 20.7. The summed E-state index contributed by atoms with van der Waals surface area (Å²) in [5, 5.41) is 6.39. The number of hydrogen-bond donors (Lipinski definition) is 2. The minimum absolute atomic E-state index is 0.00362. The van der Waals surface area contributed by atoms with Crippen LogP contribution in [-0.4, -0.2) is 43.2 Å². The van der Waals surface area contributed by atoms with Crippen LogP contribution in [0.2, 0.25) is 5.02 Å². The Morgan fingerprint density at radius 3 is 2.36 bits per heavy atom. The summed E-state index contributed by atoms with van der Waals surface area (Å²) in [4.78, 5) is 25.8. The van der Waals surface area contributed by atoms with Gasteiger partial charge in [-0.2, -0.15) is 4.31 Å². The number of benzene rings is 2. The lowest BCUT2D eigenvalue weighted by Crippen LogP contribution is -2.49. The van der Waals surface area contributed by atoms with Gasteiger partial charge in [0.05, 0.1) is 4.90 Å². The van der Waals surface area contributed by atoms with Gasteiger partial charge in [-0.15, -0.1) is 0 Å². The molecule has 4 rings (SSSR count). The molecule has 2 aliphatic rings. The van der Waals surface area contributed by atoms with Crippen LogP contribution in [0.25, 0.3) is 0 Å². The molecule has 2 N–H and O–H groups in total. The van der Waals surface area contributed by atoms with Crippen LogP contribution in [0.5, 0.6) is 0 Å². The molecule has 0 spiro atoms. The maximum atomic E-state index is 13.8. The molecule has 0 radical (unpaired) electrons. The zero-order chi connectivity index (χ0) is 25.9. The number of rotatable bonds is 7. The fraction of sp³-hybridized carbons (Fsp3) is 0.481. The van der Waals surface area contributed by atoms with Crippen LogP contribution in [0.3, 0.4) is 0 Å². The Hall–Kier alpha value is -2.42. The SMILES string of the molecule is CC1(C)CCNC(=O)C(N(Cc2ccc(C(=O)NC3CCCC3)cc2)S(=O)(=O)c2ccc(Cl)cc2)C1. The fourth-order valence-corrected chi connectivity index (χ4v) is 6.68. The Labute approximate surface area is 218 Å². The quantitative estimate of drug-likeness (QED) is 0.549. The van der Waals surface area contributed by atoms with Crippen molar-refractivity contribution in [2.45, 2.75) is 75.9 Å². The van der Waals surface area contributed by atoms with Crippen LogP contribution < -0.4 is 10.6 Å². The number of halogens is 1. The molecule has 1 saturated heterocycles. The van der Waals surface area contributed by atoms with Gasteiger partial charge in [-0.25, -0.2) is 8.42 Å². The first-order valence-electron chi connectivity index (χ1n) is 12.5. The first-order chi connectivity index (χ1) is 17.0. The highest BCUT2D eigenvalue weighted by Crippen LogP contribution is 2.33. The summed E-state index contributed by atoms with van der Waals surface area (Å²) in [6, 6.07) is 12.3. The van der Waals surface area contributed by atoms with E-state index in [4.69, 9.17) is 11.6 Å². The molecule has 36 heavy (non-hydrogen) atoms. The lowest BCUT2D eigenvalue weighted by Gasteiger charge is -2.33. The van der Waals surface area contributed by atoms with Crippen LogP contribution in [0.1, 0.15) is 68.3 Å². The summed E-state index contributed by atoms with van der Waals surface area (Å²) in [6.45, 7) is 4.60. The van der Waals surface area contributed by atoms with Crippen molar-refractivity contribution in [3.8, 4) is 0 Å². The van der Waals surface area contributed by atoms with Crippen LogP contribution in [0, 0.1) is 5.41 Å². The standard InChI is InChI=1S/C27H34ClN3O4S/c1-27(2)15-16-29-26(33)24(17-27)31(36(34,35)23-13-11-21(28)12-14-23)18-19-7-9-20(10-8-19)25(32)30-22-5-3-4-6-22/h7-14,22,24H,3-6,15-18H2,1-2H3,(H,29,33)(H,30,32). The number of carbonyl (C=O) groups is 2. The van der Waals surface area contributed by atoms with E-state index in [0.29, 0.717) is 29.1 Å². The molecule has 9 heteroatoms. The third kappa shape index (κ3) is 6.28. The second-order valence-corrected chi connectivity index (χ2v) is 12.9. The Morgan fingerprint density at radius 2 is 1.72 bits per heavy atom. The van der Waals surface area contributed by atoms with Crippen molar-refractivity contribution in [2.75, 3.05) is 6.54 Å². The second-order valence-electron chi connectivity index (χ2n) is 10.6. The fourth-order valence-electron chi connectivity index (χ4n) is 4.98. The van der Waals surface area contributed by atoms with E-state index in [9.17, 15) is 18.0 Å². The minimum atomic E-state index is -4.02. The third-order valence-corrected chi connectivity index (χ3v) is 9.28. The second kappa shape index (κ2) is 10.9. The van der Waals surface area contributed by atoms with E-state index in [1.807, 2.05) is 13.8 Å². The Balaban J connectivity index is 1.62. The number of carbonyl (C=O) groups excluding carboxylic acids is 2. The monoisotopic (exact) mass is 531 g/mol. The predicted molar refractivity (Wildman–Crippen MR) is 140 cm³/mol. The summed E-state index contributed by atoms with van der Waals surface area (Å²) in [5.74, 6) is -0.422. The van der Waals surface area contributed by atoms with E-state index in [0.717, 1.165) is 32.1 Å². The summed E-state index contributed by atoms with van der Waals surface area (Å²) in [5.41, 5.74) is 1.01. The smallest absolute Gasteiger partial charge is 0.251 e. The van der Waals surface area contributed by atoms with Gasteiger partial charge in [0.25, 0.3) is 5.91 Å². The van der Waals surface area contributed by atoms with E-state index in [-0.39, 0.29) is 34.7 Å². The third-order valence-electron chi connectivity index (χ3n) is 7.16. The molecule has 2 amide bonds. The van der Waals surface area contributed by atoms with E-state index in [1.54, 1.807) is 24.3 Å². The van der Waals surface area contributed by atoms with Crippen molar-refractivity contribution in [3.05, 3.63) is 64.7 Å². The summed E-state index contributed by atoms with van der Waals surface area (Å²) < 4.78 is 28.9. The molecule has 1 aliphatic heterocycles. The molecule has 7 nitrogen and oxygen atoms in total. The average Bonchev–Trinajstić information content (AvgIpc) is 3.30. The van der Waals surface area contributed by atoms with Gasteiger partial charge >= 0.3 is 0 Å². The van der Waals surface area contributed by atoms with Crippen molar-refractivity contribution in [3.63, 3.8) is 0 Å². The molecule has 2 fully saturated rings. The van der Waals surface area contributed by atoms with Gasteiger partial charge in [0.15, 0.2) is 0 Å². The van der Waals surface area contributed by atoms with Crippen molar-refractivity contribution in [2.24, 2.45) is 5.41 Å². The van der Waals surface area contributed by atoms with Gasteiger partial charge < -0.3 is 10.6 Å². The van der Waals surface area contributed by atoms with Gasteiger partial charge in [-0.05, 0) is 73.1 Å². The van der Waals surface area contributed by atoms with Crippen LogP contribution in [0.15, 0.2) is 53.4 Å². The molecule has 2 aromatic carbocycles. The van der Waals surface area contributed by atoms with Gasteiger partial charge in [-0.3, -0.25) is 9.59 Å². The average molecular weight is 532 g/mol. The Kier molecular flexibility index (Phi) is 8.07. The lowest BCUT2D eigenvalue weighted by molar-refractivity contribution is -0.125. The molecule has 194 valence electrons. The minimum Gasteiger partial charge on any atom is -0.355 e. The number of nitrogens with one attached hydrogen (secondary N) is 2. The predicted octanol–water partition coefficient (Wildman–Crippen LogP) is 4.51. The molecule has 0 bridgehead atoms. The largest absolute Gasteiger partial charge is 0.355 e. The number of sulfonamides is 1. The number of hydrogen-bond acceptors (Lipinski definition) is 4. The summed E-state index contributed by atoms with van der Waals surface area (Å²) in [6.07, 6.45) is 5.42. The summed E-state index contributed by atoms with van der Waals surface area (Å²) in [7, 11) is -4.02. The highest BCUT2D eigenvalue weighted by atomic mass is 35.5. The molecule has 2 aromatic rings. The molecule has 1 unspecified atom stereocenters. The van der Waals surface area contributed by atoms with E-state index < -0.39 is 16.1 Å². The summed E-state index contributed by atoms with van der Waals surface area (Å²) >= 11 is 5.99. The molecule has 0 aromatic heterocycles. The number of amides is 2. The maximum Gasteiger partial charge on any atom is 0.251 e. The first kappa shape index (κ1) is 26.6. The zero-order valence-electron chi connectivity index (χ0n) is 20.8. The van der Waals surface area contributed by atoms with E-state index in [1.165, 1.54) is 28.6 Å². The highest BCUT2D eigenvalue weighted by Gasteiger charge is 2.40. The van der Waals surface area contributed by atoms with Crippen molar-refractivity contribution in [1.29, 1.82) is 0 Å². The van der Waals surface area contributed by atoms with Crippen molar-refractivity contribution < 1.29 is 18.0 Å². The highest BCUT2D eigenvalue weighted by molar-refractivity contribution is 7.89. The van der Waals surface area contributed by atoms with Crippen LogP contribution in [0.4, 0.5) is 0 Å². The van der Waals surface area contributed by atoms with E-state index in [2.05, 4.69) is 10.6 Å². The van der Waals surface area contributed by atoms with Crippen LogP contribution in [-0.2, 0) is 21.4 Å². The van der Waals surface area contributed by atoms with Crippen LogP contribution >= 0.6 is 11.6 Å². The molecule has 1 heterocycles. The van der Waals surface area contributed by atoms with Crippen molar-refractivity contribution >= 4 is 33.4 Å². The topological polar surface area (TPSA) is 95.6 Å². The lowest BCUT2D eigenvalue weighted by atomic mass is 9.83. The molecule has 1 atom stereocenters. The Bertz CT molecular complexity index is 1190. The molecular formula is C27H34ClN3O4S. The van der Waals surface area contributed by atoms with Gasteiger partial charge in [0.1, 0.15) is 6.04 Å². The van der Waals surface area contributed by atoms with Crippen molar-refractivity contribution in [1.82, 2.24) is 14.9 Å². The van der Waals surface area contributed by atoms with Gasteiger partial charge in [-0.1, -0.05) is 50.4 Å². The Morgan fingerprint density at radius 1 is 1.08 bits per heavy atom.